The van der Waals surface area contributed by atoms with Gasteiger partial charge in [-0.3, -0.25) is 0 Å². The number of halogens is 2. The van der Waals surface area contributed by atoms with Gasteiger partial charge >= 0.3 is 0 Å². The first-order valence-electron chi connectivity index (χ1n) is 6.32. The second-order valence-electron chi connectivity index (χ2n) is 4.88. The van der Waals surface area contributed by atoms with Crippen LogP contribution in [0.4, 0.5) is 4.39 Å². The van der Waals surface area contributed by atoms with Crippen LogP contribution in [0, 0.1) is 11.7 Å². The van der Waals surface area contributed by atoms with Gasteiger partial charge in [0.25, 0.3) is 0 Å². The average molecular weight is 300 g/mol. The molecule has 0 radical (unpaired) electrons. The molecule has 1 aromatic carbocycles. The molecule has 0 aliphatic heterocycles. The Morgan fingerprint density at radius 3 is 2.88 bits per heavy atom. The van der Waals surface area contributed by atoms with Crippen LogP contribution < -0.4 is 5.32 Å². The second kappa shape index (κ2) is 5.96. The van der Waals surface area contributed by atoms with Crippen molar-refractivity contribution in [2.24, 2.45) is 5.92 Å². The molecule has 1 aromatic rings. The van der Waals surface area contributed by atoms with Gasteiger partial charge in [0.15, 0.2) is 0 Å². The van der Waals surface area contributed by atoms with Gasteiger partial charge in [-0.2, -0.15) is 0 Å². The lowest BCUT2D eigenvalue weighted by atomic mass is 9.81. The molecule has 2 rings (SSSR count). The van der Waals surface area contributed by atoms with Crippen LogP contribution in [0.3, 0.4) is 0 Å². The van der Waals surface area contributed by atoms with E-state index in [2.05, 4.69) is 21.2 Å². The zero-order valence-electron chi connectivity index (χ0n) is 10.2. The molecule has 1 fully saturated rings. The third kappa shape index (κ3) is 3.29. The van der Waals surface area contributed by atoms with Crippen LogP contribution >= 0.6 is 15.9 Å². The first-order valence-corrected chi connectivity index (χ1v) is 7.11. The van der Waals surface area contributed by atoms with Gasteiger partial charge in [-0.25, -0.2) is 4.39 Å². The lowest BCUT2D eigenvalue weighted by Crippen LogP contribution is -2.37. The zero-order valence-corrected chi connectivity index (χ0v) is 11.8. The summed E-state index contributed by atoms with van der Waals surface area (Å²) in [5.74, 6) is 0.492. The number of benzene rings is 1. The van der Waals surface area contributed by atoms with E-state index in [0.29, 0.717) is 12.0 Å². The fourth-order valence-electron chi connectivity index (χ4n) is 2.81. The molecule has 0 spiro atoms. The molecule has 0 aromatic heterocycles. The van der Waals surface area contributed by atoms with Crippen molar-refractivity contribution in [3.63, 3.8) is 0 Å². The van der Waals surface area contributed by atoms with Gasteiger partial charge < -0.3 is 5.32 Å². The van der Waals surface area contributed by atoms with Crippen LogP contribution in [0.5, 0.6) is 0 Å². The highest BCUT2D eigenvalue weighted by Crippen LogP contribution is 2.30. The van der Waals surface area contributed by atoms with Gasteiger partial charge in [0.1, 0.15) is 5.82 Å². The van der Waals surface area contributed by atoms with Crippen LogP contribution in [0.15, 0.2) is 22.7 Å². The third-order valence-corrected chi connectivity index (χ3v) is 4.54. The van der Waals surface area contributed by atoms with E-state index >= 15 is 0 Å². The van der Waals surface area contributed by atoms with Gasteiger partial charge in [0, 0.05) is 10.5 Å². The Balaban J connectivity index is 2.10. The van der Waals surface area contributed by atoms with E-state index in [1.54, 1.807) is 6.07 Å². The molecule has 3 heteroatoms. The minimum atomic E-state index is -0.139. The zero-order chi connectivity index (χ0) is 12.3. The monoisotopic (exact) mass is 299 g/mol. The SMILES string of the molecule is CNC1CCCCC1Cc1cc(F)ccc1Br. The predicted octanol–water partition coefficient (Wildman–Crippen LogP) is 3.91. The van der Waals surface area contributed by atoms with E-state index in [1.165, 1.54) is 31.7 Å². The minimum absolute atomic E-state index is 0.139. The standard InChI is InChI=1S/C14H19BrFN/c1-17-14-5-3-2-4-10(14)8-11-9-12(16)6-7-13(11)15/h6-7,9-10,14,17H,2-5,8H2,1H3. The van der Waals surface area contributed by atoms with E-state index < -0.39 is 0 Å². The molecule has 0 saturated heterocycles. The Morgan fingerprint density at radius 1 is 1.35 bits per heavy atom. The summed E-state index contributed by atoms with van der Waals surface area (Å²) in [6.45, 7) is 0. The Hall–Kier alpha value is -0.410. The first kappa shape index (κ1) is 13.0. The highest BCUT2D eigenvalue weighted by Gasteiger charge is 2.24. The van der Waals surface area contributed by atoms with E-state index in [9.17, 15) is 4.39 Å². The van der Waals surface area contributed by atoms with Crippen molar-refractivity contribution in [2.75, 3.05) is 7.05 Å². The molecular formula is C14H19BrFN. The Bertz CT molecular complexity index is 380. The van der Waals surface area contributed by atoms with Crippen molar-refractivity contribution in [3.8, 4) is 0 Å². The maximum Gasteiger partial charge on any atom is 0.123 e. The van der Waals surface area contributed by atoms with Gasteiger partial charge in [-0.05, 0) is 56.0 Å². The van der Waals surface area contributed by atoms with Crippen molar-refractivity contribution < 1.29 is 4.39 Å². The van der Waals surface area contributed by atoms with Crippen molar-refractivity contribution in [1.29, 1.82) is 0 Å². The summed E-state index contributed by atoms with van der Waals surface area (Å²) in [5, 5.41) is 3.40. The molecule has 2 unspecified atom stereocenters. The number of hydrogen-bond acceptors (Lipinski definition) is 1. The summed E-state index contributed by atoms with van der Waals surface area (Å²) in [4.78, 5) is 0. The van der Waals surface area contributed by atoms with E-state index in [4.69, 9.17) is 0 Å². The quantitative estimate of drug-likeness (QED) is 0.892. The van der Waals surface area contributed by atoms with E-state index in [-0.39, 0.29) is 5.82 Å². The topological polar surface area (TPSA) is 12.0 Å². The van der Waals surface area contributed by atoms with Gasteiger partial charge in [-0.15, -0.1) is 0 Å². The molecular weight excluding hydrogens is 281 g/mol. The highest BCUT2D eigenvalue weighted by molar-refractivity contribution is 9.10. The Labute approximate surface area is 111 Å². The van der Waals surface area contributed by atoms with Gasteiger partial charge in [0.05, 0.1) is 0 Å². The van der Waals surface area contributed by atoms with E-state index in [1.807, 2.05) is 13.1 Å². The third-order valence-electron chi connectivity index (χ3n) is 3.77. The van der Waals surface area contributed by atoms with Crippen molar-refractivity contribution in [2.45, 2.75) is 38.1 Å². The molecule has 1 N–H and O–H groups in total. The molecule has 94 valence electrons. The molecule has 17 heavy (non-hydrogen) atoms. The van der Waals surface area contributed by atoms with Gasteiger partial charge in [0.2, 0.25) is 0 Å². The smallest absolute Gasteiger partial charge is 0.123 e. The highest BCUT2D eigenvalue weighted by atomic mass is 79.9. The summed E-state index contributed by atoms with van der Waals surface area (Å²) in [6, 6.07) is 5.55. The van der Waals surface area contributed by atoms with Crippen LogP contribution in [-0.4, -0.2) is 13.1 Å². The summed E-state index contributed by atoms with van der Waals surface area (Å²) < 4.78 is 14.3. The second-order valence-corrected chi connectivity index (χ2v) is 5.73. The molecule has 1 aliphatic rings. The summed E-state index contributed by atoms with van der Waals surface area (Å²) in [5.41, 5.74) is 1.09. The van der Waals surface area contributed by atoms with Crippen molar-refractivity contribution >= 4 is 15.9 Å². The van der Waals surface area contributed by atoms with Crippen LogP contribution in [-0.2, 0) is 6.42 Å². The van der Waals surface area contributed by atoms with Crippen molar-refractivity contribution in [1.82, 2.24) is 5.32 Å². The normalized spacial score (nSPS) is 24.9. The lowest BCUT2D eigenvalue weighted by Gasteiger charge is -2.31. The Morgan fingerprint density at radius 2 is 2.12 bits per heavy atom. The summed E-state index contributed by atoms with van der Waals surface area (Å²) in [6.07, 6.45) is 6.06. The molecule has 1 aliphatic carbocycles. The fraction of sp³-hybridized carbons (Fsp3) is 0.571. The number of rotatable bonds is 3. The number of hydrogen-bond donors (Lipinski definition) is 1. The molecule has 0 amide bonds. The molecule has 1 nitrogen and oxygen atoms in total. The fourth-order valence-corrected chi connectivity index (χ4v) is 3.22. The molecule has 0 bridgehead atoms. The minimum Gasteiger partial charge on any atom is -0.317 e. The predicted molar refractivity (Wildman–Crippen MR) is 72.6 cm³/mol. The maximum atomic E-state index is 13.2. The van der Waals surface area contributed by atoms with Gasteiger partial charge in [-0.1, -0.05) is 28.8 Å². The molecule has 1 saturated carbocycles. The first-order chi connectivity index (χ1) is 8.20. The lowest BCUT2D eigenvalue weighted by molar-refractivity contribution is 0.272. The van der Waals surface area contributed by atoms with E-state index in [0.717, 1.165) is 16.5 Å². The van der Waals surface area contributed by atoms with Crippen LogP contribution in [0.25, 0.3) is 0 Å². The summed E-state index contributed by atoms with van der Waals surface area (Å²) in [7, 11) is 2.03. The largest absolute Gasteiger partial charge is 0.317 e. The average Bonchev–Trinajstić information content (AvgIpc) is 2.34. The van der Waals surface area contributed by atoms with Crippen molar-refractivity contribution in [3.05, 3.63) is 34.1 Å². The van der Waals surface area contributed by atoms with Crippen LogP contribution in [0.2, 0.25) is 0 Å². The Kier molecular flexibility index (Phi) is 4.57. The van der Waals surface area contributed by atoms with Crippen LogP contribution in [0.1, 0.15) is 31.2 Å². The maximum absolute atomic E-state index is 13.2. The summed E-state index contributed by atoms with van der Waals surface area (Å²) >= 11 is 3.51. The number of nitrogens with one attached hydrogen (secondary N) is 1. The molecule has 2 atom stereocenters. The molecule has 0 heterocycles.